The molecule has 4 aliphatic carbocycles. The number of hydrogen-bond acceptors (Lipinski definition) is 3. The first-order valence-electron chi connectivity index (χ1n) is 15.9. The van der Waals surface area contributed by atoms with Crippen molar-refractivity contribution in [3.63, 3.8) is 0 Å². The number of nitrogens with two attached hydrogens (primary N) is 1. The molecular weight excluding hydrogens is 426 g/mol. The van der Waals surface area contributed by atoms with E-state index in [1.165, 1.54) is 103 Å². The van der Waals surface area contributed by atoms with E-state index in [9.17, 15) is 0 Å². The number of fused-ring (bicyclic) bond motifs is 4. The molecule has 0 aromatic carbocycles. The summed E-state index contributed by atoms with van der Waals surface area (Å²) in [6, 6.07) is 0.745. The number of piperidine rings is 1. The third-order valence-electron chi connectivity index (χ3n) is 12.8. The van der Waals surface area contributed by atoms with Gasteiger partial charge in [-0.1, -0.05) is 27.7 Å². The smallest absolute Gasteiger partial charge is 0.00673 e. The molecule has 6 unspecified atom stereocenters. The van der Waals surface area contributed by atoms with Gasteiger partial charge < -0.3 is 16.0 Å². The molecule has 6 atom stereocenters. The zero-order chi connectivity index (χ0) is 24.6. The summed E-state index contributed by atoms with van der Waals surface area (Å²) in [5.41, 5.74) is 6.92. The van der Waals surface area contributed by atoms with Crippen LogP contribution in [0.15, 0.2) is 0 Å². The van der Waals surface area contributed by atoms with Crippen LogP contribution in [0.5, 0.6) is 0 Å². The minimum atomic E-state index is 0.594. The van der Waals surface area contributed by atoms with Gasteiger partial charge in [0.1, 0.15) is 0 Å². The van der Waals surface area contributed by atoms with Crippen molar-refractivity contribution in [2.75, 3.05) is 32.7 Å². The Morgan fingerprint density at radius 3 is 1.80 bits per heavy atom. The lowest BCUT2D eigenvalue weighted by Gasteiger charge is -2.40. The van der Waals surface area contributed by atoms with Crippen LogP contribution in [0.25, 0.3) is 0 Å². The molecular formula is C32H59N3. The first kappa shape index (κ1) is 26.5. The number of hydrogen-bond donors (Lipinski definition) is 2. The maximum atomic E-state index is 5.74. The topological polar surface area (TPSA) is 41.3 Å². The van der Waals surface area contributed by atoms with Crippen molar-refractivity contribution in [1.29, 1.82) is 0 Å². The summed E-state index contributed by atoms with van der Waals surface area (Å²) < 4.78 is 0. The summed E-state index contributed by atoms with van der Waals surface area (Å²) in [4.78, 5) is 2.65. The third-order valence-corrected chi connectivity index (χ3v) is 12.8. The Bertz CT molecular complexity index is 636. The molecule has 3 nitrogen and oxygen atoms in total. The molecule has 0 spiro atoms. The molecule has 5 aliphatic rings. The van der Waals surface area contributed by atoms with E-state index in [0.717, 1.165) is 60.4 Å². The van der Waals surface area contributed by atoms with Crippen LogP contribution in [0.4, 0.5) is 0 Å². The van der Waals surface area contributed by atoms with E-state index in [1.54, 1.807) is 0 Å². The standard InChI is InChI=1S/C32H59N3/c1-31(2)26-8-6-24(20-26)29(31)12-10-28(11-13-30-25-7-9-27(21-25)32(30,3)4)34-22-23-14-18-35(19-15-23)17-5-16-33/h23-30,34H,5-22,33H2,1-4H3. The molecule has 4 saturated carbocycles. The Morgan fingerprint density at radius 1 is 0.800 bits per heavy atom. The molecule has 1 heterocycles. The van der Waals surface area contributed by atoms with Crippen molar-refractivity contribution in [3.8, 4) is 0 Å². The molecule has 3 heteroatoms. The van der Waals surface area contributed by atoms with Gasteiger partial charge >= 0.3 is 0 Å². The van der Waals surface area contributed by atoms with Gasteiger partial charge in [0.15, 0.2) is 0 Å². The predicted molar refractivity (Wildman–Crippen MR) is 149 cm³/mol. The van der Waals surface area contributed by atoms with Gasteiger partial charge in [-0.15, -0.1) is 0 Å². The lowest BCUT2D eigenvalue weighted by Crippen LogP contribution is -2.41. The van der Waals surface area contributed by atoms with Gasteiger partial charge in [0.05, 0.1) is 0 Å². The summed E-state index contributed by atoms with van der Waals surface area (Å²) >= 11 is 0. The molecule has 35 heavy (non-hydrogen) atoms. The van der Waals surface area contributed by atoms with Crippen LogP contribution in [0.3, 0.4) is 0 Å². The second kappa shape index (κ2) is 10.9. The summed E-state index contributed by atoms with van der Waals surface area (Å²) in [6.07, 6.45) is 18.9. The fourth-order valence-corrected chi connectivity index (χ4v) is 10.3. The zero-order valence-electron chi connectivity index (χ0n) is 23.9. The largest absolute Gasteiger partial charge is 0.330 e. The highest BCUT2D eigenvalue weighted by atomic mass is 15.1. The Morgan fingerprint density at radius 2 is 1.34 bits per heavy atom. The fourth-order valence-electron chi connectivity index (χ4n) is 10.3. The average molecular weight is 486 g/mol. The monoisotopic (exact) mass is 485 g/mol. The zero-order valence-corrected chi connectivity index (χ0v) is 23.9. The molecule has 4 bridgehead atoms. The van der Waals surface area contributed by atoms with Gasteiger partial charge in [-0.05, 0) is 168 Å². The van der Waals surface area contributed by atoms with E-state index in [-0.39, 0.29) is 0 Å². The van der Waals surface area contributed by atoms with Crippen LogP contribution >= 0.6 is 0 Å². The van der Waals surface area contributed by atoms with Crippen molar-refractivity contribution in [1.82, 2.24) is 10.2 Å². The molecule has 0 radical (unpaired) electrons. The van der Waals surface area contributed by atoms with E-state index >= 15 is 0 Å². The van der Waals surface area contributed by atoms with Gasteiger partial charge in [-0.25, -0.2) is 0 Å². The summed E-state index contributed by atoms with van der Waals surface area (Å²) in [5.74, 6) is 6.96. The van der Waals surface area contributed by atoms with Crippen molar-refractivity contribution in [3.05, 3.63) is 0 Å². The Kier molecular flexibility index (Phi) is 8.27. The van der Waals surface area contributed by atoms with E-state index in [1.807, 2.05) is 0 Å². The maximum absolute atomic E-state index is 5.74. The van der Waals surface area contributed by atoms with Crippen LogP contribution in [0, 0.1) is 52.3 Å². The summed E-state index contributed by atoms with van der Waals surface area (Å²) in [6.45, 7) is 16.3. The highest BCUT2D eigenvalue weighted by molar-refractivity contribution is 5.03. The first-order valence-corrected chi connectivity index (χ1v) is 15.9. The number of rotatable bonds is 12. The maximum Gasteiger partial charge on any atom is 0.00673 e. The molecule has 1 saturated heterocycles. The van der Waals surface area contributed by atoms with Crippen LogP contribution < -0.4 is 11.1 Å². The van der Waals surface area contributed by atoms with Crippen molar-refractivity contribution in [2.45, 2.75) is 117 Å². The Labute approximate surface area is 218 Å². The van der Waals surface area contributed by atoms with Gasteiger partial charge in [-0.3, -0.25) is 0 Å². The lowest BCUT2D eigenvalue weighted by molar-refractivity contribution is 0.0984. The van der Waals surface area contributed by atoms with Gasteiger partial charge in [0.25, 0.3) is 0 Å². The van der Waals surface area contributed by atoms with Gasteiger partial charge in [-0.2, -0.15) is 0 Å². The average Bonchev–Trinajstić information content (AvgIpc) is 3.59. The Hall–Kier alpha value is -0.120. The van der Waals surface area contributed by atoms with Crippen LogP contribution in [0.2, 0.25) is 0 Å². The number of nitrogens with zero attached hydrogens (tertiary/aromatic N) is 1. The molecule has 0 aromatic rings. The van der Waals surface area contributed by atoms with Crippen molar-refractivity contribution >= 4 is 0 Å². The molecule has 202 valence electrons. The Balaban J connectivity index is 1.14. The minimum absolute atomic E-state index is 0.594. The first-order chi connectivity index (χ1) is 16.8. The highest BCUT2D eigenvalue weighted by Gasteiger charge is 2.53. The molecule has 3 N–H and O–H groups in total. The fraction of sp³-hybridized carbons (Fsp3) is 1.00. The molecule has 5 rings (SSSR count). The molecule has 0 aromatic heterocycles. The second-order valence-corrected chi connectivity index (χ2v) is 15.1. The summed E-state index contributed by atoms with van der Waals surface area (Å²) in [5, 5.41) is 4.20. The van der Waals surface area contributed by atoms with Gasteiger partial charge in [0, 0.05) is 6.04 Å². The van der Waals surface area contributed by atoms with E-state index in [2.05, 4.69) is 37.9 Å². The third kappa shape index (κ3) is 5.53. The quantitative estimate of drug-likeness (QED) is 0.323. The summed E-state index contributed by atoms with van der Waals surface area (Å²) in [7, 11) is 0. The SMILES string of the molecule is CC1(C)C2CCC(C2)C1CCC(CCC1C2CCC(C2)C1(C)C)NCC1CCN(CCCN)CC1. The highest BCUT2D eigenvalue weighted by Crippen LogP contribution is 2.62. The number of likely N-dealkylation sites (tertiary alicyclic amines) is 1. The van der Waals surface area contributed by atoms with E-state index in [0.29, 0.717) is 10.8 Å². The predicted octanol–water partition coefficient (Wildman–Crippen LogP) is 6.71. The van der Waals surface area contributed by atoms with Crippen LogP contribution in [0.1, 0.15) is 111 Å². The normalized spacial score (nSPS) is 39.0. The van der Waals surface area contributed by atoms with Crippen LogP contribution in [-0.4, -0.2) is 43.7 Å². The molecule has 1 aliphatic heterocycles. The number of nitrogens with one attached hydrogen (secondary N) is 1. The van der Waals surface area contributed by atoms with Crippen LogP contribution in [-0.2, 0) is 0 Å². The van der Waals surface area contributed by atoms with Crippen molar-refractivity contribution < 1.29 is 0 Å². The van der Waals surface area contributed by atoms with Gasteiger partial charge in [0.2, 0.25) is 0 Å². The second-order valence-electron chi connectivity index (χ2n) is 15.1. The minimum Gasteiger partial charge on any atom is -0.330 e. The molecule has 5 fully saturated rings. The molecule has 0 amide bonds. The van der Waals surface area contributed by atoms with Crippen molar-refractivity contribution in [2.24, 2.45) is 58.0 Å². The lowest BCUT2D eigenvalue weighted by atomic mass is 9.66. The van der Waals surface area contributed by atoms with E-state index in [4.69, 9.17) is 5.73 Å². The van der Waals surface area contributed by atoms with E-state index < -0.39 is 0 Å².